The van der Waals surface area contributed by atoms with Crippen LogP contribution < -0.4 is 14.8 Å². The minimum atomic E-state index is -0.239. The second kappa shape index (κ2) is 9.80. The molecule has 4 rings (SSSR count). The molecule has 0 spiro atoms. The summed E-state index contributed by atoms with van der Waals surface area (Å²) in [5, 5.41) is 2.86. The Morgan fingerprint density at radius 3 is 2.23 bits per heavy atom. The monoisotopic (exact) mass is 416 g/mol. The maximum absolute atomic E-state index is 12.6. The number of ether oxygens (including phenoxy) is 2. The largest absolute Gasteiger partial charge is 0.484 e. The number of anilines is 1. The van der Waals surface area contributed by atoms with E-state index in [1.165, 1.54) is 0 Å². The molecule has 0 bridgehead atoms. The van der Waals surface area contributed by atoms with E-state index in [9.17, 15) is 9.59 Å². The number of amides is 2. The van der Waals surface area contributed by atoms with Gasteiger partial charge in [-0.3, -0.25) is 9.59 Å². The molecule has 0 atom stereocenters. The number of hydrogen-bond acceptors (Lipinski definition) is 4. The third-order valence-electron chi connectivity index (χ3n) is 5.01. The highest BCUT2D eigenvalue weighted by Crippen LogP contribution is 2.22. The fraction of sp³-hybridized carbons (Fsp3) is 0.200. The molecule has 0 saturated carbocycles. The predicted molar refractivity (Wildman–Crippen MR) is 119 cm³/mol. The molecule has 6 nitrogen and oxygen atoms in total. The summed E-state index contributed by atoms with van der Waals surface area (Å²) in [4.78, 5) is 26.5. The van der Waals surface area contributed by atoms with Crippen LogP contribution in [0.2, 0.25) is 0 Å². The predicted octanol–water partition coefficient (Wildman–Crippen LogP) is 4.73. The molecule has 1 aliphatic heterocycles. The molecule has 6 heteroatoms. The van der Waals surface area contributed by atoms with Crippen molar-refractivity contribution in [1.82, 2.24) is 4.90 Å². The van der Waals surface area contributed by atoms with E-state index in [4.69, 9.17) is 9.47 Å². The van der Waals surface area contributed by atoms with Crippen LogP contribution in [-0.2, 0) is 4.79 Å². The van der Waals surface area contributed by atoms with Crippen LogP contribution in [0.1, 0.15) is 23.2 Å². The molecule has 0 unspecified atom stereocenters. The van der Waals surface area contributed by atoms with Crippen molar-refractivity contribution >= 4 is 17.5 Å². The molecule has 31 heavy (non-hydrogen) atoms. The molecule has 158 valence electrons. The summed E-state index contributed by atoms with van der Waals surface area (Å²) in [5.74, 6) is 1.68. The Morgan fingerprint density at radius 2 is 1.48 bits per heavy atom. The maximum atomic E-state index is 12.6. The second-order valence-corrected chi connectivity index (χ2v) is 7.30. The molecule has 3 aromatic rings. The van der Waals surface area contributed by atoms with E-state index in [2.05, 4.69) is 5.32 Å². The summed E-state index contributed by atoms with van der Waals surface area (Å²) in [6, 6.07) is 23.4. The topological polar surface area (TPSA) is 67.9 Å². The molecule has 0 radical (unpaired) electrons. The van der Waals surface area contributed by atoms with Crippen LogP contribution >= 0.6 is 0 Å². The van der Waals surface area contributed by atoms with Gasteiger partial charge in [-0.1, -0.05) is 24.3 Å². The summed E-state index contributed by atoms with van der Waals surface area (Å²) in [6.07, 6.45) is 2.10. The molecule has 1 saturated heterocycles. The van der Waals surface area contributed by atoms with Crippen molar-refractivity contribution in [2.24, 2.45) is 0 Å². The van der Waals surface area contributed by atoms with Crippen molar-refractivity contribution in [2.45, 2.75) is 12.8 Å². The molecule has 1 heterocycles. The minimum Gasteiger partial charge on any atom is -0.484 e. The van der Waals surface area contributed by atoms with Gasteiger partial charge in [0.2, 0.25) is 0 Å². The number of hydrogen-bond donors (Lipinski definition) is 1. The Hall–Kier alpha value is -3.80. The first-order valence-electron chi connectivity index (χ1n) is 10.3. The third kappa shape index (κ3) is 5.63. The van der Waals surface area contributed by atoms with Crippen molar-refractivity contribution in [2.75, 3.05) is 25.0 Å². The number of likely N-dealkylation sites (tertiary alicyclic amines) is 1. The molecule has 0 aliphatic carbocycles. The first-order valence-corrected chi connectivity index (χ1v) is 10.3. The zero-order chi connectivity index (χ0) is 21.5. The Labute approximate surface area is 181 Å². The Kier molecular flexibility index (Phi) is 6.47. The van der Waals surface area contributed by atoms with Gasteiger partial charge in [-0.25, -0.2) is 0 Å². The Morgan fingerprint density at radius 1 is 0.806 bits per heavy atom. The van der Waals surface area contributed by atoms with E-state index < -0.39 is 0 Å². The summed E-state index contributed by atoms with van der Waals surface area (Å²) in [7, 11) is 0. The number of carbonyl (C=O) groups is 2. The lowest BCUT2D eigenvalue weighted by molar-refractivity contribution is -0.132. The number of para-hydroxylation sites is 1. The van der Waals surface area contributed by atoms with E-state index in [-0.39, 0.29) is 18.4 Å². The van der Waals surface area contributed by atoms with Gasteiger partial charge < -0.3 is 19.7 Å². The number of benzene rings is 3. The number of nitrogens with zero attached hydrogens (tertiary/aromatic N) is 1. The highest BCUT2D eigenvalue weighted by atomic mass is 16.5. The second-order valence-electron chi connectivity index (χ2n) is 7.30. The van der Waals surface area contributed by atoms with Gasteiger partial charge >= 0.3 is 0 Å². The van der Waals surface area contributed by atoms with Crippen molar-refractivity contribution in [3.8, 4) is 17.2 Å². The average Bonchev–Trinajstić information content (AvgIpc) is 3.34. The molecule has 2 amide bonds. The summed E-state index contributed by atoms with van der Waals surface area (Å²) in [5.41, 5.74) is 1.11. The summed E-state index contributed by atoms with van der Waals surface area (Å²) < 4.78 is 11.4. The highest BCUT2D eigenvalue weighted by molar-refractivity contribution is 6.04. The Bertz CT molecular complexity index is 1030. The molecule has 1 N–H and O–H groups in total. The number of carbonyl (C=O) groups excluding carboxylic acids is 2. The van der Waals surface area contributed by atoms with Crippen LogP contribution in [0.5, 0.6) is 17.2 Å². The average molecular weight is 416 g/mol. The van der Waals surface area contributed by atoms with Gasteiger partial charge in [0, 0.05) is 30.4 Å². The first kappa shape index (κ1) is 20.5. The zero-order valence-electron chi connectivity index (χ0n) is 17.1. The summed E-state index contributed by atoms with van der Waals surface area (Å²) in [6.45, 7) is 1.60. The van der Waals surface area contributed by atoms with Gasteiger partial charge in [0.15, 0.2) is 6.61 Å². The normalized spacial score (nSPS) is 13.0. The van der Waals surface area contributed by atoms with E-state index >= 15 is 0 Å². The van der Waals surface area contributed by atoms with Crippen LogP contribution in [-0.4, -0.2) is 36.4 Å². The lowest BCUT2D eigenvalue weighted by Crippen LogP contribution is -2.32. The number of rotatable bonds is 7. The van der Waals surface area contributed by atoms with Crippen molar-refractivity contribution in [1.29, 1.82) is 0 Å². The minimum absolute atomic E-state index is 0.000274. The maximum Gasteiger partial charge on any atom is 0.260 e. The van der Waals surface area contributed by atoms with E-state index in [1.54, 1.807) is 48.5 Å². The Balaban J connectivity index is 1.32. The van der Waals surface area contributed by atoms with Gasteiger partial charge in [-0.15, -0.1) is 0 Å². The molecular formula is C25H24N2O4. The van der Waals surface area contributed by atoms with Crippen LogP contribution in [0, 0.1) is 0 Å². The zero-order valence-corrected chi connectivity index (χ0v) is 17.1. The highest BCUT2D eigenvalue weighted by Gasteiger charge is 2.18. The smallest absolute Gasteiger partial charge is 0.260 e. The van der Waals surface area contributed by atoms with Crippen LogP contribution in [0.3, 0.4) is 0 Å². The number of nitrogens with one attached hydrogen (secondary N) is 1. The van der Waals surface area contributed by atoms with Crippen molar-refractivity contribution in [3.05, 3.63) is 84.4 Å². The van der Waals surface area contributed by atoms with Gasteiger partial charge in [0.25, 0.3) is 11.8 Å². The van der Waals surface area contributed by atoms with Gasteiger partial charge in [-0.2, -0.15) is 0 Å². The summed E-state index contributed by atoms with van der Waals surface area (Å²) >= 11 is 0. The van der Waals surface area contributed by atoms with E-state index in [0.29, 0.717) is 22.7 Å². The molecule has 1 aliphatic rings. The fourth-order valence-electron chi connectivity index (χ4n) is 3.37. The van der Waals surface area contributed by atoms with Gasteiger partial charge in [0.05, 0.1) is 0 Å². The third-order valence-corrected chi connectivity index (χ3v) is 5.01. The molecular weight excluding hydrogens is 392 g/mol. The van der Waals surface area contributed by atoms with Gasteiger partial charge in [0.1, 0.15) is 17.2 Å². The quantitative estimate of drug-likeness (QED) is 0.605. The molecule has 1 fully saturated rings. The van der Waals surface area contributed by atoms with Crippen molar-refractivity contribution in [3.63, 3.8) is 0 Å². The van der Waals surface area contributed by atoms with E-state index in [0.717, 1.165) is 31.7 Å². The first-order chi connectivity index (χ1) is 15.2. The lowest BCUT2D eigenvalue weighted by atomic mass is 10.2. The van der Waals surface area contributed by atoms with E-state index in [1.807, 2.05) is 35.2 Å². The van der Waals surface area contributed by atoms with Crippen LogP contribution in [0.15, 0.2) is 78.9 Å². The fourth-order valence-corrected chi connectivity index (χ4v) is 3.37. The SMILES string of the molecule is O=C(Nc1cccc(OCC(=O)N2CCCC2)c1)c1ccc(Oc2ccccc2)cc1. The van der Waals surface area contributed by atoms with Crippen molar-refractivity contribution < 1.29 is 19.1 Å². The van der Waals surface area contributed by atoms with Crippen LogP contribution in [0.25, 0.3) is 0 Å². The van der Waals surface area contributed by atoms with Gasteiger partial charge in [-0.05, 0) is 61.4 Å². The lowest BCUT2D eigenvalue weighted by Gasteiger charge is -2.15. The standard InChI is InChI=1S/C25H24N2O4/c28-24(27-15-4-5-16-27)18-30-23-10-6-7-20(17-23)26-25(29)19-11-13-22(14-12-19)31-21-8-2-1-3-9-21/h1-3,6-14,17H,4-5,15-16,18H2,(H,26,29). The van der Waals surface area contributed by atoms with Crippen LogP contribution in [0.4, 0.5) is 5.69 Å². The molecule has 0 aromatic heterocycles. The molecule has 3 aromatic carbocycles.